The molecule has 30 heavy (non-hydrogen) atoms. The number of rotatable bonds is 5. The highest BCUT2D eigenvalue weighted by molar-refractivity contribution is 7.21. The summed E-state index contributed by atoms with van der Waals surface area (Å²) in [5.74, 6) is -1.97. The second-order valence-electron chi connectivity index (χ2n) is 6.62. The van der Waals surface area contributed by atoms with E-state index in [1.165, 1.54) is 17.4 Å². The standard InChI is InChI=1S/C21H16F2N4O2S/c1-12-19-18(25-20(30-19)13-5-3-2-4-6-13)21(29)27(26-12)11-17(28)24-10-14-7-8-15(22)9-16(14)23/h2-9H,10-11H2,1H3,(H,24,28). The minimum absolute atomic E-state index is 0.129. The number of fused-ring (bicyclic) bond motifs is 1. The fourth-order valence-corrected chi connectivity index (χ4v) is 3.97. The first kappa shape index (κ1) is 19.8. The van der Waals surface area contributed by atoms with Crippen LogP contribution < -0.4 is 10.9 Å². The maximum atomic E-state index is 13.7. The molecule has 0 atom stereocenters. The highest BCUT2D eigenvalue weighted by atomic mass is 32.1. The summed E-state index contributed by atoms with van der Waals surface area (Å²) in [6.07, 6.45) is 0. The fourth-order valence-electron chi connectivity index (χ4n) is 2.97. The molecule has 0 aliphatic heterocycles. The molecular formula is C21H16F2N4O2S. The first-order valence-electron chi connectivity index (χ1n) is 9.06. The Labute approximate surface area is 173 Å². The van der Waals surface area contributed by atoms with Gasteiger partial charge in [0, 0.05) is 23.7 Å². The largest absolute Gasteiger partial charge is 0.350 e. The lowest BCUT2D eigenvalue weighted by atomic mass is 10.2. The van der Waals surface area contributed by atoms with Crippen LogP contribution in [-0.2, 0) is 17.9 Å². The van der Waals surface area contributed by atoms with Gasteiger partial charge in [-0.15, -0.1) is 11.3 Å². The third-order valence-corrected chi connectivity index (χ3v) is 5.68. The molecule has 152 valence electrons. The Hall–Kier alpha value is -3.46. The van der Waals surface area contributed by atoms with Crippen molar-refractivity contribution in [2.45, 2.75) is 20.0 Å². The van der Waals surface area contributed by atoms with Gasteiger partial charge in [-0.3, -0.25) is 9.59 Å². The van der Waals surface area contributed by atoms with Crippen molar-refractivity contribution in [3.63, 3.8) is 0 Å². The maximum absolute atomic E-state index is 13.7. The Morgan fingerprint density at radius 1 is 1.17 bits per heavy atom. The molecule has 2 aromatic heterocycles. The monoisotopic (exact) mass is 426 g/mol. The summed E-state index contributed by atoms with van der Waals surface area (Å²) in [7, 11) is 0. The number of carbonyl (C=O) groups is 1. The molecule has 0 bridgehead atoms. The second-order valence-corrected chi connectivity index (χ2v) is 7.62. The summed E-state index contributed by atoms with van der Waals surface area (Å²) in [5.41, 5.74) is 1.40. The van der Waals surface area contributed by atoms with Crippen LogP contribution in [0.2, 0.25) is 0 Å². The Kier molecular flexibility index (Phi) is 5.37. The molecule has 0 aliphatic rings. The van der Waals surface area contributed by atoms with Gasteiger partial charge in [0.25, 0.3) is 5.56 Å². The molecule has 0 fully saturated rings. The molecule has 0 saturated heterocycles. The van der Waals surface area contributed by atoms with Gasteiger partial charge in [0.2, 0.25) is 5.91 Å². The molecule has 2 heterocycles. The average Bonchev–Trinajstić information content (AvgIpc) is 3.18. The van der Waals surface area contributed by atoms with Crippen LogP contribution in [0.15, 0.2) is 53.3 Å². The number of nitrogens with one attached hydrogen (secondary N) is 1. The van der Waals surface area contributed by atoms with E-state index in [1.807, 2.05) is 30.3 Å². The third kappa shape index (κ3) is 3.97. The molecule has 0 saturated carbocycles. The summed E-state index contributed by atoms with van der Waals surface area (Å²) >= 11 is 1.37. The van der Waals surface area contributed by atoms with Crippen molar-refractivity contribution in [1.82, 2.24) is 20.1 Å². The maximum Gasteiger partial charge on any atom is 0.294 e. The molecule has 1 amide bonds. The van der Waals surface area contributed by atoms with Crippen molar-refractivity contribution < 1.29 is 13.6 Å². The van der Waals surface area contributed by atoms with Crippen LogP contribution in [0.4, 0.5) is 8.78 Å². The minimum Gasteiger partial charge on any atom is -0.350 e. The zero-order valence-corrected chi connectivity index (χ0v) is 16.7. The molecule has 1 N–H and O–H groups in total. The number of halogens is 2. The van der Waals surface area contributed by atoms with Crippen LogP contribution in [0.25, 0.3) is 20.8 Å². The van der Waals surface area contributed by atoms with Crippen molar-refractivity contribution in [2.75, 3.05) is 0 Å². The minimum atomic E-state index is -0.751. The molecule has 9 heteroatoms. The number of carbonyl (C=O) groups excluding carboxylic acids is 1. The Morgan fingerprint density at radius 2 is 1.93 bits per heavy atom. The molecule has 0 radical (unpaired) electrons. The van der Waals surface area contributed by atoms with Crippen LogP contribution in [-0.4, -0.2) is 20.7 Å². The van der Waals surface area contributed by atoms with Crippen LogP contribution in [0.1, 0.15) is 11.3 Å². The first-order valence-corrected chi connectivity index (χ1v) is 9.88. The van der Waals surface area contributed by atoms with Gasteiger partial charge in [-0.05, 0) is 13.0 Å². The van der Waals surface area contributed by atoms with Gasteiger partial charge < -0.3 is 5.32 Å². The number of thiazole rings is 1. The van der Waals surface area contributed by atoms with Gasteiger partial charge in [0.05, 0.1) is 10.4 Å². The van der Waals surface area contributed by atoms with E-state index in [-0.39, 0.29) is 24.2 Å². The molecule has 4 rings (SSSR count). The van der Waals surface area contributed by atoms with Gasteiger partial charge in [-0.25, -0.2) is 18.4 Å². The third-order valence-electron chi connectivity index (χ3n) is 4.47. The lowest BCUT2D eigenvalue weighted by molar-refractivity contribution is -0.122. The number of benzene rings is 2. The van der Waals surface area contributed by atoms with E-state index in [4.69, 9.17) is 0 Å². The molecular weight excluding hydrogens is 410 g/mol. The zero-order valence-electron chi connectivity index (χ0n) is 15.9. The van der Waals surface area contributed by atoms with E-state index in [1.54, 1.807) is 6.92 Å². The Morgan fingerprint density at radius 3 is 2.67 bits per heavy atom. The summed E-state index contributed by atoms with van der Waals surface area (Å²) in [6, 6.07) is 12.6. The number of aryl methyl sites for hydroxylation is 1. The lowest BCUT2D eigenvalue weighted by Crippen LogP contribution is -2.34. The van der Waals surface area contributed by atoms with E-state index in [9.17, 15) is 18.4 Å². The fraction of sp³-hybridized carbons (Fsp3) is 0.143. The molecule has 4 aromatic rings. The Bertz CT molecular complexity index is 1300. The van der Waals surface area contributed by atoms with E-state index in [0.29, 0.717) is 15.4 Å². The van der Waals surface area contributed by atoms with Gasteiger partial charge in [0.15, 0.2) is 5.52 Å². The van der Waals surface area contributed by atoms with Crippen molar-refractivity contribution in [1.29, 1.82) is 0 Å². The molecule has 6 nitrogen and oxygen atoms in total. The topological polar surface area (TPSA) is 76.9 Å². The van der Waals surface area contributed by atoms with Crippen LogP contribution in [0, 0.1) is 18.6 Å². The number of amides is 1. The van der Waals surface area contributed by atoms with E-state index < -0.39 is 23.1 Å². The van der Waals surface area contributed by atoms with Crippen molar-refractivity contribution >= 4 is 27.5 Å². The molecule has 0 spiro atoms. The normalized spacial score (nSPS) is 11.0. The predicted octanol–water partition coefficient (Wildman–Crippen LogP) is 3.42. The zero-order chi connectivity index (χ0) is 21.3. The quantitative estimate of drug-likeness (QED) is 0.531. The SMILES string of the molecule is Cc1nn(CC(=O)NCc2ccc(F)cc2F)c(=O)c2nc(-c3ccccc3)sc12. The molecule has 2 aromatic carbocycles. The number of aromatic nitrogens is 3. The van der Waals surface area contributed by atoms with E-state index >= 15 is 0 Å². The number of nitrogens with zero attached hydrogens (tertiary/aromatic N) is 3. The van der Waals surface area contributed by atoms with Gasteiger partial charge in [-0.2, -0.15) is 5.10 Å². The van der Waals surface area contributed by atoms with Crippen molar-refractivity contribution in [3.8, 4) is 10.6 Å². The van der Waals surface area contributed by atoms with Gasteiger partial charge in [-0.1, -0.05) is 36.4 Å². The molecule has 0 unspecified atom stereocenters. The summed E-state index contributed by atoms with van der Waals surface area (Å²) in [5, 5.41) is 7.43. The van der Waals surface area contributed by atoms with E-state index in [2.05, 4.69) is 15.4 Å². The van der Waals surface area contributed by atoms with Gasteiger partial charge >= 0.3 is 0 Å². The summed E-state index contributed by atoms with van der Waals surface area (Å²) in [6.45, 7) is 1.28. The first-order chi connectivity index (χ1) is 14.4. The highest BCUT2D eigenvalue weighted by Crippen LogP contribution is 2.29. The van der Waals surface area contributed by atoms with E-state index in [0.717, 1.165) is 22.4 Å². The lowest BCUT2D eigenvalue weighted by Gasteiger charge is -2.08. The number of hydrogen-bond donors (Lipinski definition) is 1. The summed E-state index contributed by atoms with van der Waals surface area (Å²) < 4.78 is 28.4. The predicted molar refractivity (Wildman–Crippen MR) is 110 cm³/mol. The number of hydrogen-bond acceptors (Lipinski definition) is 5. The van der Waals surface area contributed by atoms with Crippen molar-refractivity contribution in [3.05, 3.63) is 81.8 Å². The van der Waals surface area contributed by atoms with Crippen LogP contribution in [0.3, 0.4) is 0 Å². The smallest absolute Gasteiger partial charge is 0.294 e. The van der Waals surface area contributed by atoms with Crippen LogP contribution in [0.5, 0.6) is 0 Å². The van der Waals surface area contributed by atoms with Crippen molar-refractivity contribution in [2.24, 2.45) is 0 Å². The Balaban J connectivity index is 1.56. The van der Waals surface area contributed by atoms with Gasteiger partial charge in [0.1, 0.15) is 23.2 Å². The van der Waals surface area contributed by atoms with Crippen LogP contribution >= 0.6 is 11.3 Å². The summed E-state index contributed by atoms with van der Waals surface area (Å²) in [4.78, 5) is 29.5. The molecule has 0 aliphatic carbocycles. The average molecular weight is 426 g/mol. The highest BCUT2D eigenvalue weighted by Gasteiger charge is 2.16. The second kappa shape index (κ2) is 8.11.